The van der Waals surface area contributed by atoms with Crippen LogP contribution in [0.2, 0.25) is 0 Å². The summed E-state index contributed by atoms with van der Waals surface area (Å²) in [6.07, 6.45) is -2.54. The summed E-state index contributed by atoms with van der Waals surface area (Å²) in [4.78, 5) is 0. The lowest BCUT2D eigenvalue weighted by molar-refractivity contribution is 0.147. The van der Waals surface area contributed by atoms with E-state index >= 15 is 0 Å². The Morgan fingerprint density at radius 2 is 1.91 bits per heavy atom. The summed E-state index contributed by atoms with van der Waals surface area (Å²) in [5.41, 5.74) is 0. The van der Waals surface area contributed by atoms with E-state index in [9.17, 15) is 21.1 Å². The van der Waals surface area contributed by atoms with Crippen LogP contribution in [-0.2, 0) is 10.2 Å². The quantitative estimate of drug-likeness (QED) is 0.496. The van der Waals surface area contributed by atoms with Gasteiger partial charge in [-0.1, -0.05) is 0 Å². The van der Waals surface area contributed by atoms with Crippen molar-refractivity contribution in [2.24, 2.45) is 0 Å². The molecule has 0 saturated heterocycles. The van der Waals surface area contributed by atoms with Gasteiger partial charge in [0.25, 0.3) is 6.43 Å². The minimum atomic E-state index is -4.53. The second-order valence-electron chi connectivity index (χ2n) is 1.84. The molecule has 0 atom stereocenters. The van der Waals surface area contributed by atoms with Crippen molar-refractivity contribution in [2.75, 3.05) is 18.8 Å². The van der Waals surface area contributed by atoms with Crippen LogP contribution >= 0.6 is 0 Å². The van der Waals surface area contributed by atoms with Crippen LogP contribution in [0, 0.1) is 0 Å². The van der Waals surface area contributed by atoms with Crippen LogP contribution in [-0.4, -0.2) is 33.7 Å². The van der Waals surface area contributed by atoms with Gasteiger partial charge in [0, 0.05) is 6.54 Å². The summed E-state index contributed by atoms with van der Waals surface area (Å²) in [6, 6.07) is 0. The first-order valence-corrected chi connectivity index (χ1v) is 4.38. The molecule has 68 valence electrons. The lowest BCUT2D eigenvalue weighted by Gasteiger charge is -1.99. The molecule has 0 fully saturated rings. The Morgan fingerprint density at radius 1 is 1.36 bits per heavy atom. The van der Waals surface area contributed by atoms with Gasteiger partial charge in [-0.15, -0.1) is 3.89 Å². The van der Waals surface area contributed by atoms with E-state index in [2.05, 4.69) is 5.32 Å². The third-order valence-electron chi connectivity index (χ3n) is 0.821. The summed E-state index contributed by atoms with van der Waals surface area (Å²) in [5.74, 6) is -0.764. The predicted molar refractivity (Wildman–Crippen MR) is 33.8 cm³/mol. The van der Waals surface area contributed by atoms with E-state index < -0.39 is 28.9 Å². The Bertz CT molecular complexity index is 192. The largest absolute Gasteiger partial charge is 0.310 e. The van der Waals surface area contributed by atoms with E-state index in [1.165, 1.54) is 0 Å². The van der Waals surface area contributed by atoms with E-state index in [1.807, 2.05) is 0 Å². The van der Waals surface area contributed by atoms with Crippen LogP contribution in [0.15, 0.2) is 0 Å². The van der Waals surface area contributed by atoms with Gasteiger partial charge in [-0.25, -0.2) is 8.78 Å². The zero-order valence-corrected chi connectivity index (χ0v) is 6.37. The van der Waals surface area contributed by atoms with Crippen LogP contribution in [0.5, 0.6) is 0 Å². The average molecular weight is 191 g/mol. The molecule has 0 aromatic heterocycles. The number of hydrogen-bond acceptors (Lipinski definition) is 3. The van der Waals surface area contributed by atoms with Crippen molar-refractivity contribution in [3.8, 4) is 0 Å². The fourth-order valence-corrected chi connectivity index (χ4v) is 0.793. The van der Waals surface area contributed by atoms with Crippen molar-refractivity contribution in [1.29, 1.82) is 0 Å². The minimum absolute atomic E-state index is 0.289. The van der Waals surface area contributed by atoms with Gasteiger partial charge in [0.2, 0.25) is 0 Å². The Balaban J connectivity index is 3.30. The lowest BCUT2D eigenvalue weighted by atomic mass is 10.6. The second kappa shape index (κ2) is 4.55. The Kier molecular flexibility index (Phi) is 4.43. The van der Waals surface area contributed by atoms with Crippen LogP contribution in [0.25, 0.3) is 0 Å². The fraction of sp³-hybridized carbons (Fsp3) is 1.00. The standard InChI is InChI=1S/C4H8F3NO2S/c5-4(6)3-8-1-2-11(7,9)10/h4,8H,1-3H2. The molecule has 0 spiro atoms. The van der Waals surface area contributed by atoms with Gasteiger partial charge in [0.1, 0.15) is 0 Å². The van der Waals surface area contributed by atoms with Crippen molar-refractivity contribution >= 4 is 10.2 Å². The number of alkyl halides is 2. The van der Waals surface area contributed by atoms with E-state index in [0.29, 0.717) is 0 Å². The third-order valence-corrected chi connectivity index (χ3v) is 1.51. The molecule has 11 heavy (non-hydrogen) atoms. The van der Waals surface area contributed by atoms with Crippen molar-refractivity contribution in [2.45, 2.75) is 6.43 Å². The Labute approximate surface area is 62.8 Å². The molecule has 0 aromatic carbocycles. The molecule has 0 rings (SSSR count). The highest BCUT2D eigenvalue weighted by Gasteiger charge is 2.06. The molecule has 0 heterocycles. The number of rotatable bonds is 5. The van der Waals surface area contributed by atoms with Crippen LogP contribution in [0.4, 0.5) is 12.7 Å². The molecule has 0 amide bonds. The molecule has 0 bridgehead atoms. The molecule has 1 N–H and O–H groups in total. The van der Waals surface area contributed by atoms with E-state index in [1.54, 1.807) is 0 Å². The van der Waals surface area contributed by atoms with Crippen molar-refractivity contribution in [3.63, 3.8) is 0 Å². The second-order valence-corrected chi connectivity index (χ2v) is 3.32. The normalized spacial score (nSPS) is 12.4. The average Bonchev–Trinajstić information content (AvgIpc) is 1.78. The molecule has 3 nitrogen and oxygen atoms in total. The maximum atomic E-state index is 11.7. The zero-order chi connectivity index (χ0) is 8.91. The van der Waals surface area contributed by atoms with Gasteiger partial charge in [0.15, 0.2) is 0 Å². The molecule has 0 unspecified atom stereocenters. The number of hydrogen-bond donors (Lipinski definition) is 1. The summed E-state index contributed by atoms with van der Waals surface area (Å²) in [6.45, 7) is -0.904. The van der Waals surface area contributed by atoms with Gasteiger partial charge in [0.05, 0.1) is 12.3 Å². The zero-order valence-electron chi connectivity index (χ0n) is 5.56. The van der Waals surface area contributed by atoms with E-state index in [0.717, 1.165) is 0 Å². The molecular formula is C4H8F3NO2S. The smallest absolute Gasteiger partial charge is 0.303 e. The van der Waals surface area contributed by atoms with Gasteiger partial charge in [-0.3, -0.25) is 0 Å². The lowest BCUT2D eigenvalue weighted by Crippen LogP contribution is -2.26. The first-order valence-electron chi connectivity index (χ1n) is 2.83. The Morgan fingerprint density at radius 3 is 2.27 bits per heavy atom. The van der Waals surface area contributed by atoms with Gasteiger partial charge < -0.3 is 5.32 Å². The maximum absolute atomic E-state index is 11.7. The SMILES string of the molecule is O=S(=O)(F)CCNCC(F)F. The highest BCUT2D eigenvalue weighted by Crippen LogP contribution is 1.90. The van der Waals surface area contributed by atoms with Crippen LogP contribution in [0.3, 0.4) is 0 Å². The topological polar surface area (TPSA) is 46.2 Å². The summed E-state index contributed by atoms with van der Waals surface area (Å²) < 4.78 is 53.9. The molecule has 0 saturated carbocycles. The molecule has 0 aliphatic rings. The highest BCUT2D eigenvalue weighted by molar-refractivity contribution is 7.86. The van der Waals surface area contributed by atoms with Crippen LogP contribution < -0.4 is 5.32 Å². The summed E-state index contributed by atoms with van der Waals surface area (Å²) in [7, 11) is -4.53. The molecular weight excluding hydrogens is 183 g/mol. The monoisotopic (exact) mass is 191 g/mol. The first-order chi connectivity index (χ1) is 4.92. The maximum Gasteiger partial charge on any atom is 0.303 e. The highest BCUT2D eigenvalue weighted by atomic mass is 32.3. The summed E-state index contributed by atoms with van der Waals surface area (Å²) in [5, 5.41) is 2.07. The van der Waals surface area contributed by atoms with E-state index in [-0.39, 0.29) is 6.54 Å². The van der Waals surface area contributed by atoms with Gasteiger partial charge >= 0.3 is 10.2 Å². The van der Waals surface area contributed by atoms with Gasteiger partial charge in [-0.2, -0.15) is 8.42 Å². The molecule has 7 heteroatoms. The molecule has 0 aliphatic carbocycles. The third kappa shape index (κ3) is 9.70. The van der Waals surface area contributed by atoms with Gasteiger partial charge in [-0.05, 0) is 0 Å². The molecule has 0 aromatic rings. The fourth-order valence-electron chi connectivity index (χ4n) is 0.405. The molecule has 0 radical (unpaired) electrons. The number of halogens is 3. The van der Waals surface area contributed by atoms with Crippen LogP contribution in [0.1, 0.15) is 0 Å². The van der Waals surface area contributed by atoms with E-state index in [4.69, 9.17) is 0 Å². The molecule has 0 aliphatic heterocycles. The first kappa shape index (κ1) is 10.7. The minimum Gasteiger partial charge on any atom is -0.310 e. The predicted octanol–water partition coefficient (Wildman–Crippen LogP) is 0.140. The summed E-state index contributed by atoms with van der Waals surface area (Å²) >= 11 is 0. The van der Waals surface area contributed by atoms with Crippen molar-refractivity contribution < 1.29 is 21.1 Å². The number of nitrogens with one attached hydrogen (secondary N) is 1. The van der Waals surface area contributed by atoms with Crippen molar-refractivity contribution in [3.05, 3.63) is 0 Å². The van der Waals surface area contributed by atoms with Crippen molar-refractivity contribution in [1.82, 2.24) is 5.32 Å². The Hall–Kier alpha value is -0.300.